The molecule has 2 saturated carbocycles. The first kappa shape index (κ1) is 12.4. The lowest BCUT2D eigenvalue weighted by Gasteiger charge is -2.31. The van der Waals surface area contributed by atoms with Gasteiger partial charge in [0.2, 0.25) is 0 Å². The van der Waals surface area contributed by atoms with E-state index >= 15 is 0 Å². The highest BCUT2D eigenvalue weighted by Gasteiger charge is 2.41. The van der Waals surface area contributed by atoms with Gasteiger partial charge in [0.05, 0.1) is 0 Å². The number of rotatable bonds is 6. The second kappa shape index (κ2) is 5.50. The van der Waals surface area contributed by atoms with E-state index in [4.69, 9.17) is 5.11 Å². The van der Waals surface area contributed by atoms with Crippen LogP contribution in [0, 0.1) is 17.8 Å². The molecule has 2 rings (SSSR count). The highest BCUT2D eigenvalue weighted by atomic mass is 16.2. The second-order valence-electron chi connectivity index (χ2n) is 6.06. The van der Waals surface area contributed by atoms with E-state index in [2.05, 4.69) is 19.2 Å². The fourth-order valence-corrected chi connectivity index (χ4v) is 3.96. The minimum atomic E-state index is 0.328. The largest absolute Gasteiger partial charge is 0.396 e. The van der Waals surface area contributed by atoms with Gasteiger partial charge in [0.25, 0.3) is 0 Å². The second-order valence-corrected chi connectivity index (χ2v) is 6.06. The third-order valence-corrected chi connectivity index (χ3v) is 4.78. The third kappa shape index (κ3) is 2.78. The predicted octanol–water partition coefficient (Wildman–Crippen LogP) is 2.56. The lowest BCUT2D eigenvalue weighted by molar-refractivity contribution is 0.235. The zero-order valence-corrected chi connectivity index (χ0v) is 10.8. The van der Waals surface area contributed by atoms with Crippen molar-refractivity contribution in [3.8, 4) is 0 Å². The van der Waals surface area contributed by atoms with Crippen molar-refractivity contribution >= 4 is 0 Å². The summed E-state index contributed by atoms with van der Waals surface area (Å²) in [6, 6.07) is 1.23. The molecule has 0 heterocycles. The molecule has 2 fully saturated rings. The van der Waals surface area contributed by atoms with E-state index in [1.165, 1.54) is 25.7 Å². The summed E-state index contributed by atoms with van der Waals surface area (Å²) in [5.41, 5.74) is 0. The summed E-state index contributed by atoms with van der Waals surface area (Å²) in [5, 5.41) is 12.5. The lowest BCUT2D eigenvalue weighted by atomic mass is 9.83. The van der Waals surface area contributed by atoms with E-state index in [0.717, 1.165) is 30.6 Å². The molecule has 2 N–H and O–H groups in total. The van der Waals surface area contributed by atoms with Crippen LogP contribution in [0.2, 0.25) is 0 Å². The maximum atomic E-state index is 8.82. The summed E-state index contributed by atoms with van der Waals surface area (Å²) in [7, 11) is 0. The topological polar surface area (TPSA) is 32.3 Å². The lowest BCUT2D eigenvalue weighted by Crippen LogP contribution is -2.41. The number of hydrogen-bond acceptors (Lipinski definition) is 2. The van der Waals surface area contributed by atoms with Gasteiger partial charge < -0.3 is 10.4 Å². The van der Waals surface area contributed by atoms with Crippen LogP contribution < -0.4 is 5.32 Å². The molecule has 2 heteroatoms. The Morgan fingerprint density at radius 2 is 2.06 bits per heavy atom. The van der Waals surface area contributed by atoms with Crippen molar-refractivity contribution in [1.29, 1.82) is 0 Å². The Labute approximate surface area is 99.8 Å². The van der Waals surface area contributed by atoms with Crippen LogP contribution in [0.25, 0.3) is 0 Å². The van der Waals surface area contributed by atoms with Crippen LogP contribution in [0.4, 0.5) is 0 Å². The van der Waals surface area contributed by atoms with Gasteiger partial charge in [-0.2, -0.15) is 0 Å². The van der Waals surface area contributed by atoms with Crippen molar-refractivity contribution in [2.24, 2.45) is 17.8 Å². The maximum absolute atomic E-state index is 8.82. The molecule has 2 aliphatic carbocycles. The van der Waals surface area contributed by atoms with Gasteiger partial charge in [-0.3, -0.25) is 0 Å². The van der Waals surface area contributed by atoms with Crippen molar-refractivity contribution in [3.63, 3.8) is 0 Å². The molecule has 0 radical (unpaired) electrons. The summed E-state index contributed by atoms with van der Waals surface area (Å²) in [5.74, 6) is 2.99. The van der Waals surface area contributed by atoms with Crippen LogP contribution >= 0.6 is 0 Å². The van der Waals surface area contributed by atoms with E-state index in [1.54, 1.807) is 0 Å². The van der Waals surface area contributed by atoms with Gasteiger partial charge >= 0.3 is 0 Å². The molecular weight excluding hydrogens is 198 g/mol. The summed E-state index contributed by atoms with van der Waals surface area (Å²) in [6.07, 6.45) is 7.97. The minimum Gasteiger partial charge on any atom is -0.396 e. The molecule has 0 aromatic heterocycles. The number of aliphatic hydroxyl groups excluding tert-OH is 1. The van der Waals surface area contributed by atoms with Crippen molar-refractivity contribution in [2.45, 2.75) is 64.5 Å². The summed E-state index contributed by atoms with van der Waals surface area (Å²) < 4.78 is 0. The molecule has 2 nitrogen and oxygen atoms in total. The molecule has 5 atom stereocenters. The molecule has 0 aromatic rings. The minimum absolute atomic E-state index is 0.328. The first-order valence-corrected chi connectivity index (χ1v) is 7.07. The quantitative estimate of drug-likeness (QED) is 0.728. The molecule has 16 heavy (non-hydrogen) atoms. The molecule has 0 saturated heterocycles. The van der Waals surface area contributed by atoms with Crippen molar-refractivity contribution in [3.05, 3.63) is 0 Å². The first-order chi connectivity index (χ1) is 7.70. The van der Waals surface area contributed by atoms with Gasteiger partial charge in [-0.25, -0.2) is 0 Å². The molecule has 2 aliphatic rings. The molecule has 94 valence electrons. The van der Waals surface area contributed by atoms with E-state index in [9.17, 15) is 0 Å². The highest BCUT2D eigenvalue weighted by Crippen LogP contribution is 2.49. The summed E-state index contributed by atoms with van der Waals surface area (Å²) >= 11 is 0. The number of fused-ring (bicyclic) bond motifs is 2. The van der Waals surface area contributed by atoms with E-state index in [0.29, 0.717) is 18.7 Å². The van der Waals surface area contributed by atoms with Gasteiger partial charge in [0, 0.05) is 18.7 Å². The molecule has 0 aromatic carbocycles. The van der Waals surface area contributed by atoms with Gasteiger partial charge in [0.15, 0.2) is 0 Å². The number of hydrogen-bond donors (Lipinski definition) is 2. The zero-order valence-electron chi connectivity index (χ0n) is 10.8. The highest BCUT2D eigenvalue weighted by molar-refractivity contribution is 4.94. The Kier molecular flexibility index (Phi) is 4.26. The predicted molar refractivity (Wildman–Crippen MR) is 67.3 cm³/mol. The van der Waals surface area contributed by atoms with Crippen LogP contribution in [-0.4, -0.2) is 23.8 Å². The van der Waals surface area contributed by atoms with Crippen LogP contribution in [0.5, 0.6) is 0 Å². The molecule has 0 aliphatic heterocycles. The molecule has 0 amide bonds. The van der Waals surface area contributed by atoms with Gasteiger partial charge in [-0.05, 0) is 63.7 Å². The fourth-order valence-electron chi connectivity index (χ4n) is 3.96. The van der Waals surface area contributed by atoms with Gasteiger partial charge in [-0.15, -0.1) is 0 Å². The Balaban J connectivity index is 1.73. The van der Waals surface area contributed by atoms with Gasteiger partial charge in [-0.1, -0.05) is 6.42 Å². The summed E-state index contributed by atoms with van der Waals surface area (Å²) in [4.78, 5) is 0. The number of nitrogens with one attached hydrogen (secondary N) is 1. The molecule has 0 spiro atoms. The van der Waals surface area contributed by atoms with Crippen LogP contribution in [0.1, 0.15) is 52.4 Å². The van der Waals surface area contributed by atoms with Crippen LogP contribution in [0.15, 0.2) is 0 Å². The van der Waals surface area contributed by atoms with E-state index in [-0.39, 0.29) is 0 Å². The maximum Gasteiger partial charge on any atom is 0.0431 e. The van der Waals surface area contributed by atoms with Crippen molar-refractivity contribution in [2.75, 3.05) is 6.61 Å². The Morgan fingerprint density at radius 1 is 1.25 bits per heavy atom. The third-order valence-electron chi connectivity index (χ3n) is 4.78. The Hall–Kier alpha value is -0.0800. The van der Waals surface area contributed by atoms with Crippen LogP contribution in [-0.2, 0) is 0 Å². The first-order valence-electron chi connectivity index (χ1n) is 7.07. The zero-order chi connectivity index (χ0) is 11.5. The van der Waals surface area contributed by atoms with Crippen molar-refractivity contribution < 1.29 is 5.11 Å². The standard InChI is InChI=1S/C14H27NO/c1-10(4-3-7-16)15-11(2)14-9-12-5-6-13(14)8-12/h10-16H,3-9H2,1-2H3. The summed E-state index contributed by atoms with van der Waals surface area (Å²) in [6.45, 7) is 4.94. The Bertz CT molecular complexity index is 219. The Morgan fingerprint density at radius 3 is 2.62 bits per heavy atom. The van der Waals surface area contributed by atoms with Gasteiger partial charge in [0.1, 0.15) is 0 Å². The van der Waals surface area contributed by atoms with Crippen molar-refractivity contribution in [1.82, 2.24) is 5.32 Å². The average Bonchev–Trinajstić information content (AvgIpc) is 2.87. The monoisotopic (exact) mass is 225 g/mol. The molecule has 2 bridgehead atoms. The van der Waals surface area contributed by atoms with E-state index in [1.807, 2.05) is 0 Å². The smallest absolute Gasteiger partial charge is 0.0431 e. The molecular formula is C14H27NO. The molecule has 5 unspecified atom stereocenters. The van der Waals surface area contributed by atoms with E-state index < -0.39 is 0 Å². The van der Waals surface area contributed by atoms with Crippen LogP contribution in [0.3, 0.4) is 0 Å². The normalized spacial score (nSPS) is 36.6. The fraction of sp³-hybridized carbons (Fsp3) is 1.00. The SMILES string of the molecule is CC(CCCO)NC(C)C1CC2CCC1C2. The number of aliphatic hydroxyl groups is 1. The average molecular weight is 225 g/mol.